The molecule has 0 saturated heterocycles. The van der Waals surface area contributed by atoms with Gasteiger partial charge in [-0.25, -0.2) is 0 Å². The van der Waals surface area contributed by atoms with Crippen molar-refractivity contribution in [3.05, 3.63) is 58.4 Å². The standard InChI is InChI=1S/C15H15ClN2O2/c1-10(19)12-7-14(18(2)9-12)15(20)17-8-11-5-3-4-6-13(11)16/h3-7,9H,8H2,1-2H3,(H,17,20). The number of carbonyl (C=O) groups is 2. The molecule has 0 saturated carbocycles. The molecule has 0 fully saturated rings. The highest BCUT2D eigenvalue weighted by Crippen LogP contribution is 2.15. The number of hydrogen-bond acceptors (Lipinski definition) is 2. The van der Waals surface area contributed by atoms with E-state index in [2.05, 4.69) is 5.32 Å². The third-order valence-electron chi connectivity index (χ3n) is 3.04. The van der Waals surface area contributed by atoms with Gasteiger partial charge in [-0.15, -0.1) is 0 Å². The second-order valence-corrected chi connectivity index (χ2v) is 4.96. The molecule has 1 heterocycles. The molecule has 0 spiro atoms. The number of Topliss-reactive ketones (excluding diaryl/α,β-unsaturated/α-hetero) is 1. The Morgan fingerprint density at radius 1 is 1.30 bits per heavy atom. The molecule has 104 valence electrons. The van der Waals surface area contributed by atoms with Crippen molar-refractivity contribution in [3.63, 3.8) is 0 Å². The molecule has 4 nitrogen and oxygen atoms in total. The van der Waals surface area contributed by atoms with E-state index < -0.39 is 0 Å². The van der Waals surface area contributed by atoms with E-state index in [4.69, 9.17) is 11.6 Å². The van der Waals surface area contributed by atoms with Crippen molar-refractivity contribution in [1.29, 1.82) is 0 Å². The van der Waals surface area contributed by atoms with E-state index in [9.17, 15) is 9.59 Å². The molecule has 1 aromatic carbocycles. The molecule has 20 heavy (non-hydrogen) atoms. The predicted octanol–water partition coefficient (Wildman–Crippen LogP) is 2.81. The molecule has 0 bridgehead atoms. The largest absolute Gasteiger partial charge is 0.347 e. The van der Waals surface area contributed by atoms with Crippen LogP contribution in [0.4, 0.5) is 0 Å². The lowest BCUT2D eigenvalue weighted by molar-refractivity contribution is 0.0942. The number of carbonyl (C=O) groups excluding carboxylic acids is 2. The Balaban J connectivity index is 2.09. The van der Waals surface area contributed by atoms with Crippen molar-refractivity contribution in [3.8, 4) is 0 Å². The maximum absolute atomic E-state index is 12.1. The second kappa shape index (κ2) is 5.92. The fourth-order valence-corrected chi connectivity index (χ4v) is 2.09. The molecule has 2 aromatic rings. The smallest absolute Gasteiger partial charge is 0.268 e. The first-order valence-corrected chi connectivity index (χ1v) is 6.55. The van der Waals surface area contributed by atoms with Crippen molar-refractivity contribution in [1.82, 2.24) is 9.88 Å². The molecule has 5 heteroatoms. The van der Waals surface area contributed by atoms with Gasteiger partial charge in [0.1, 0.15) is 5.69 Å². The summed E-state index contributed by atoms with van der Waals surface area (Å²) in [6, 6.07) is 8.92. The summed E-state index contributed by atoms with van der Waals surface area (Å²) in [6.45, 7) is 1.82. The van der Waals surface area contributed by atoms with Crippen LogP contribution in [-0.2, 0) is 13.6 Å². The van der Waals surface area contributed by atoms with Crippen LogP contribution in [0.3, 0.4) is 0 Å². The molecular formula is C15H15ClN2O2. The van der Waals surface area contributed by atoms with Crippen LogP contribution < -0.4 is 5.32 Å². The molecule has 1 amide bonds. The Bertz CT molecular complexity index is 662. The highest BCUT2D eigenvalue weighted by Gasteiger charge is 2.13. The molecule has 2 rings (SSSR count). The molecule has 0 aliphatic rings. The predicted molar refractivity (Wildman–Crippen MR) is 78.0 cm³/mol. The van der Waals surface area contributed by atoms with Gasteiger partial charge in [-0.2, -0.15) is 0 Å². The SMILES string of the molecule is CC(=O)c1cc(C(=O)NCc2ccccc2Cl)n(C)c1. The number of rotatable bonds is 4. The van der Waals surface area contributed by atoms with Crippen molar-refractivity contribution in [2.75, 3.05) is 0 Å². The minimum Gasteiger partial charge on any atom is -0.347 e. The Labute approximate surface area is 122 Å². The lowest BCUT2D eigenvalue weighted by Gasteiger charge is -2.07. The van der Waals surface area contributed by atoms with Gasteiger partial charge in [-0.1, -0.05) is 29.8 Å². The Morgan fingerprint density at radius 2 is 2.00 bits per heavy atom. The Hall–Kier alpha value is -2.07. The van der Waals surface area contributed by atoms with Gasteiger partial charge in [0.05, 0.1) is 0 Å². The Morgan fingerprint density at radius 3 is 2.60 bits per heavy atom. The maximum atomic E-state index is 12.1. The van der Waals surface area contributed by atoms with Gasteiger partial charge in [-0.3, -0.25) is 9.59 Å². The average Bonchev–Trinajstić information content (AvgIpc) is 2.80. The number of benzene rings is 1. The summed E-state index contributed by atoms with van der Waals surface area (Å²) in [5, 5.41) is 3.41. The average molecular weight is 291 g/mol. The van der Waals surface area contributed by atoms with E-state index in [1.54, 1.807) is 29.9 Å². The van der Waals surface area contributed by atoms with Crippen LogP contribution in [0.2, 0.25) is 5.02 Å². The van der Waals surface area contributed by atoms with Crippen molar-refractivity contribution in [2.45, 2.75) is 13.5 Å². The monoisotopic (exact) mass is 290 g/mol. The number of hydrogen-bond donors (Lipinski definition) is 1. The second-order valence-electron chi connectivity index (χ2n) is 4.56. The van der Waals surface area contributed by atoms with Gasteiger partial charge in [0.2, 0.25) is 0 Å². The van der Waals surface area contributed by atoms with Crippen LogP contribution in [-0.4, -0.2) is 16.3 Å². The van der Waals surface area contributed by atoms with Crippen LogP contribution in [0.15, 0.2) is 36.5 Å². The van der Waals surface area contributed by atoms with Crippen molar-refractivity contribution >= 4 is 23.3 Å². The molecule has 0 radical (unpaired) electrons. The minimum absolute atomic E-state index is 0.0641. The summed E-state index contributed by atoms with van der Waals surface area (Å²) in [4.78, 5) is 23.4. The number of aromatic nitrogens is 1. The fraction of sp³-hybridized carbons (Fsp3) is 0.200. The van der Waals surface area contributed by atoms with Gasteiger partial charge in [0, 0.05) is 30.4 Å². The molecule has 1 aromatic heterocycles. The topological polar surface area (TPSA) is 51.1 Å². The van der Waals surface area contributed by atoms with Crippen LogP contribution in [0.5, 0.6) is 0 Å². The van der Waals surface area contributed by atoms with Crippen molar-refractivity contribution in [2.24, 2.45) is 7.05 Å². The van der Waals surface area contributed by atoms with Crippen LogP contribution >= 0.6 is 11.6 Å². The first kappa shape index (κ1) is 14.3. The number of nitrogens with zero attached hydrogens (tertiary/aromatic N) is 1. The number of nitrogens with one attached hydrogen (secondary N) is 1. The van der Waals surface area contributed by atoms with E-state index >= 15 is 0 Å². The van der Waals surface area contributed by atoms with E-state index in [0.717, 1.165) is 5.56 Å². The number of halogens is 1. The number of amides is 1. The summed E-state index contributed by atoms with van der Waals surface area (Å²) in [7, 11) is 1.73. The maximum Gasteiger partial charge on any atom is 0.268 e. The van der Waals surface area contributed by atoms with Gasteiger partial charge < -0.3 is 9.88 Å². The summed E-state index contributed by atoms with van der Waals surface area (Å²) in [6.07, 6.45) is 1.65. The summed E-state index contributed by atoms with van der Waals surface area (Å²) in [5.74, 6) is -0.300. The quantitative estimate of drug-likeness (QED) is 0.880. The highest BCUT2D eigenvalue weighted by atomic mass is 35.5. The van der Waals surface area contributed by atoms with Crippen LogP contribution in [0.1, 0.15) is 33.3 Å². The van der Waals surface area contributed by atoms with E-state index in [1.165, 1.54) is 6.92 Å². The first-order chi connectivity index (χ1) is 9.49. The van der Waals surface area contributed by atoms with Gasteiger partial charge in [-0.05, 0) is 24.6 Å². The Kier molecular flexibility index (Phi) is 4.25. The summed E-state index contributed by atoms with van der Waals surface area (Å²) >= 11 is 6.03. The van der Waals surface area contributed by atoms with Crippen LogP contribution in [0.25, 0.3) is 0 Å². The fourth-order valence-electron chi connectivity index (χ4n) is 1.89. The lowest BCUT2D eigenvalue weighted by Crippen LogP contribution is -2.24. The third kappa shape index (κ3) is 3.08. The first-order valence-electron chi connectivity index (χ1n) is 6.18. The molecule has 0 aliphatic heterocycles. The number of aryl methyl sites for hydroxylation is 1. The molecule has 0 atom stereocenters. The van der Waals surface area contributed by atoms with E-state index in [-0.39, 0.29) is 11.7 Å². The molecule has 1 N–H and O–H groups in total. The van der Waals surface area contributed by atoms with Crippen molar-refractivity contribution < 1.29 is 9.59 Å². The molecule has 0 unspecified atom stereocenters. The van der Waals surface area contributed by atoms with E-state index in [1.807, 2.05) is 18.2 Å². The highest BCUT2D eigenvalue weighted by molar-refractivity contribution is 6.31. The zero-order valence-electron chi connectivity index (χ0n) is 11.3. The normalized spacial score (nSPS) is 10.3. The van der Waals surface area contributed by atoms with E-state index in [0.29, 0.717) is 22.8 Å². The number of ketones is 1. The summed E-state index contributed by atoms with van der Waals surface area (Å²) < 4.78 is 1.64. The molecular weight excluding hydrogens is 276 g/mol. The van der Waals surface area contributed by atoms with Gasteiger partial charge in [0.15, 0.2) is 5.78 Å². The van der Waals surface area contributed by atoms with Gasteiger partial charge in [0.25, 0.3) is 5.91 Å². The van der Waals surface area contributed by atoms with Crippen LogP contribution in [0, 0.1) is 0 Å². The minimum atomic E-state index is -0.236. The third-order valence-corrected chi connectivity index (χ3v) is 3.41. The zero-order valence-corrected chi connectivity index (χ0v) is 12.1. The zero-order chi connectivity index (χ0) is 14.7. The summed E-state index contributed by atoms with van der Waals surface area (Å²) in [5.41, 5.74) is 1.82. The van der Waals surface area contributed by atoms with Gasteiger partial charge >= 0.3 is 0 Å². The lowest BCUT2D eigenvalue weighted by atomic mass is 10.2. The molecule has 0 aliphatic carbocycles.